The lowest BCUT2D eigenvalue weighted by Crippen LogP contribution is -2.40. The number of hydrogen-bond acceptors (Lipinski definition) is 5. The topological polar surface area (TPSA) is 63.7 Å². The average molecular weight is 370 g/mol. The van der Waals surface area contributed by atoms with Gasteiger partial charge in [-0.15, -0.1) is 0 Å². The number of aromatic nitrogens is 2. The van der Waals surface area contributed by atoms with Crippen molar-refractivity contribution < 1.29 is 13.9 Å². The zero-order valence-electron chi connectivity index (χ0n) is 15.9. The highest BCUT2D eigenvalue weighted by Gasteiger charge is 2.63. The first kappa shape index (κ1) is 17.0. The molecule has 7 heteroatoms. The molecule has 0 aliphatic carbocycles. The largest absolute Gasteiger partial charge is 0.454 e. The van der Waals surface area contributed by atoms with E-state index >= 15 is 0 Å². The SMILES string of the molecule is CN(C)C[C@H]1[C@@H]2CC[C@@]3(CN(C(=O)c4ccc(Cn5cccn5)o4)C[C@@H]13)O2. The van der Waals surface area contributed by atoms with Gasteiger partial charge >= 0.3 is 0 Å². The quantitative estimate of drug-likeness (QED) is 0.802. The normalized spacial score (nSPS) is 31.8. The minimum atomic E-state index is -0.133. The smallest absolute Gasteiger partial charge is 0.289 e. The standard InChI is InChI=1S/C20H26N4O3/c1-22(2)11-15-16-12-23(13-20(16)7-6-17(15)27-20)19(25)18-5-4-14(26-18)10-24-9-3-8-21-24/h3-5,8-9,15-17H,6-7,10-13H2,1-2H3/t15-,16+,17+,20+/m1/s1. The maximum atomic E-state index is 13.0. The van der Waals surface area contributed by atoms with Crippen LogP contribution in [-0.4, -0.2) is 70.9 Å². The molecular formula is C20H26N4O3. The number of carbonyl (C=O) groups excluding carboxylic acids is 1. The van der Waals surface area contributed by atoms with Crippen LogP contribution in [0.4, 0.5) is 0 Å². The summed E-state index contributed by atoms with van der Waals surface area (Å²) in [6, 6.07) is 5.51. The van der Waals surface area contributed by atoms with E-state index in [2.05, 4.69) is 24.1 Å². The molecule has 1 spiro atoms. The first-order valence-electron chi connectivity index (χ1n) is 9.72. The number of nitrogens with zero attached hydrogens (tertiary/aromatic N) is 4. The molecule has 0 aromatic carbocycles. The number of fused-ring (bicyclic) bond motifs is 1. The van der Waals surface area contributed by atoms with E-state index < -0.39 is 0 Å². The van der Waals surface area contributed by atoms with E-state index in [-0.39, 0.29) is 11.5 Å². The van der Waals surface area contributed by atoms with Gasteiger partial charge in [-0.05, 0) is 45.1 Å². The van der Waals surface area contributed by atoms with Gasteiger partial charge in [0, 0.05) is 37.3 Å². The molecule has 3 saturated heterocycles. The summed E-state index contributed by atoms with van der Waals surface area (Å²) in [5.74, 6) is 2.07. The molecule has 3 aliphatic rings. The lowest BCUT2D eigenvalue weighted by Gasteiger charge is -2.30. The molecule has 2 aromatic heterocycles. The van der Waals surface area contributed by atoms with Crippen molar-refractivity contribution in [1.29, 1.82) is 0 Å². The van der Waals surface area contributed by atoms with Gasteiger partial charge in [-0.25, -0.2) is 0 Å². The molecule has 0 saturated carbocycles. The van der Waals surface area contributed by atoms with Crippen molar-refractivity contribution >= 4 is 5.91 Å². The highest BCUT2D eigenvalue weighted by atomic mass is 16.5. The van der Waals surface area contributed by atoms with Gasteiger partial charge in [0.05, 0.1) is 24.8 Å². The molecule has 2 bridgehead atoms. The number of hydrogen-bond donors (Lipinski definition) is 0. The van der Waals surface area contributed by atoms with Crippen LogP contribution >= 0.6 is 0 Å². The summed E-state index contributed by atoms with van der Waals surface area (Å²) in [7, 11) is 4.22. The van der Waals surface area contributed by atoms with Gasteiger partial charge in [-0.3, -0.25) is 9.48 Å². The average Bonchev–Trinajstić information content (AvgIpc) is 3.42. The van der Waals surface area contributed by atoms with E-state index in [1.165, 1.54) is 0 Å². The molecule has 144 valence electrons. The lowest BCUT2D eigenvalue weighted by molar-refractivity contribution is 0.00223. The van der Waals surface area contributed by atoms with Gasteiger partial charge in [0.15, 0.2) is 5.76 Å². The molecule has 0 N–H and O–H groups in total. The number of amides is 1. The van der Waals surface area contributed by atoms with Crippen LogP contribution in [0.1, 0.15) is 29.2 Å². The predicted octanol–water partition coefficient (Wildman–Crippen LogP) is 1.71. The molecule has 3 aliphatic heterocycles. The van der Waals surface area contributed by atoms with Crippen molar-refractivity contribution in [3.8, 4) is 0 Å². The Bertz CT molecular complexity index is 830. The Balaban J connectivity index is 1.30. The van der Waals surface area contributed by atoms with E-state index in [4.69, 9.17) is 9.15 Å². The van der Waals surface area contributed by atoms with Crippen molar-refractivity contribution in [1.82, 2.24) is 19.6 Å². The predicted molar refractivity (Wildman–Crippen MR) is 98.3 cm³/mol. The van der Waals surface area contributed by atoms with Gasteiger partial charge in [-0.1, -0.05) is 0 Å². The monoisotopic (exact) mass is 370 g/mol. The van der Waals surface area contributed by atoms with Crippen LogP contribution in [-0.2, 0) is 11.3 Å². The summed E-state index contributed by atoms with van der Waals surface area (Å²) in [5.41, 5.74) is -0.133. The summed E-state index contributed by atoms with van der Waals surface area (Å²) in [5, 5.41) is 4.18. The van der Waals surface area contributed by atoms with Gasteiger partial charge in [-0.2, -0.15) is 5.10 Å². The third-order valence-electron chi connectivity index (χ3n) is 6.40. The highest BCUT2D eigenvalue weighted by Crippen LogP contribution is 2.55. The zero-order valence-corrected chi connectivity index (χ0v) is 15.9. The van der Waals surface area contributed by atoms with Crippen LogP contribution in [0.3, 0.4) is 0 Å². The molecule has 4 atom stereocenters. The van der Waals surface area contributed by atoms with E-state index in [0.717, 1.165) is 31.7 Å². The maximum absolute atomic E-state index is 13.0. The molecule has 1 amide bonds. The van der Waals surface area contributed by atoms with Crippen molar-refractivity contribution in [2.24, 2.45) is 11.8 Å². The Labute approximate surface area is 158 Å². The molecule has 2 aromatic rings. The van der Waals surface area contributed by atoms with Crippen molar-refractivity contribution in [3.05, 3.63) is 42.1 Å². The fraction of sp³-hybridized carbons (Fsp3) is 0.600. The molecule has 0 unspecified atom stereocenters. The molecule has 5 rings (SSSR count). The van der Waals surface area contributed by atoms with Crippen LogP contribution in [0.2, 0.25) is 0 Å². The van der Waals surface area contributed by atoms with Gasteiger partial charge in [0.1, 0.15) is 5.76 Å². The Morgan fingerprint density at radius 2 is 2.30 bits per heavy atom. The van der Waals surface area contributed by atoms with Crippen LogP contribution in [0.25, 0.3) is 0 Å². The van der Waals surface area contributed by atoms with Crippen LogP contribution in [0.5, 0.6) is 0 Å². The summed E-state index contributed by atoms with van der Waals surface area (Å²) in [6.45, 7) is 3.01. The van der Waals surface area contributed by atoms with Crippen LogP contribution < -0.4 is 0 Å². The van der Waals surface area contributed by atoms with Gasteiger partial charge < -0.3 is 19.0 Å². The Kier molecular flexibility index (Phi) is 3.91. The summed E-state index contributed by atoms with van der Waals surface area (Å²) >= 11 is 0. The molecule has 27 heavy (non-hydrogen) atoms. The number of rotatable bonds is 5. The van der Waals surface area contributed by atoms with Gasteiger partial charge in [0.25, 0.3) is 5.91 Å². The van der Waals surface area contributed by atoms with E-state index in [1.807, 2.05) is 23.2 Å². The maximum Gasteiger partial charge on any atom is 0.289 e. The molecule has 0 radical (unpaired) electrons. The second-order valence-electron chi connectivity index (χ2n) is 8.45. The summed E-state index contributed by atoms with van der Waals surface area (Å²) in [4.78, 5) is 17.2. The zero-order chi connectivity index (χ0) is 18.6. The number of ether oxygens (including phenoxy) is 1. The van der Waals surface area contributed by atoms with Crippen LogP contribution in [0.15, 0.2) is 35.0 Å². The van der Waals surface area contributed by atoms with Crippen molar-refractivity contribution in [2.75, 3.05) is 33.7 Å². The number of carbonyl (C=O) groups is 1. The van der Waals surface area contributed by atoms with Crippen LogP contribution in [0, 0.1) is 11.8 Å². The minimum absolute atomic E-state index is 0.0267. The van der Waals surface area contributed by atoms with E-state index in [1.54, 1.807) is 16.9 Å². The second kappa shape index (κ2) is 6.21. The summed E-state index contributed by atoms with van der Waals surface area (Å²) < 4.78 is 14.0. The van der Waals surface area contributed by atoms with E-state index in [0.29, 0.717) is 36.8 Å². The first-order valence-corrected chi connectivity index (χ1v) is 9.72. The van der Waals surface area contributed by atoms with Gasteiger partial charge in [0.2, 0.25) is 0 Å². The third kappa shape index (κ3) is 2.80. The second-order valence-corrected chi connectivity index (χ2v) is 8.45. The minimum Gasteiger partial charge on any atom is -0.454 e. The molecule has 5 heterocycles. The Morgan fingerprint density at radius 1 is 1.41 bits per heavy atom. The highest BCUT2D eigenvalue weighted by molar-refractivity contribution is 5.92. The first-order chi connectivity index (χ1) is 13.0. The molecule has 7 nitrogen and oxygen atoms in total. The molecular weight excluding hydrogens is 344 g/mol. The van der Waals surface area contributed by atoms with E-state index in [9.17, 15) is 4.79 Å². The fourth-order valence-corrected chi connectivity index (χ4v) is 5.30. The molecule has 3 fully saturated rings. The third-order valence-corrected chi connectivity index (χ3v) is 6.40. The Morgan fingerprint density at radius 3 is 3.07 bits per heavy atom. The van der Waals surface area contributed by atoms with Crippen molar-refractivity contribution in [3.63, 3.8) is 0 Å². The van der Waals surface area contributed by atoms with Crippen molar-refractivity contribution in [2.45, 2.75) is 31.1 Å². The lowest BCUT2D eigenvalue weighted by atomic mass is 9.73. The fourth-order valence-electron chi connectivity index (χ4n) is 5.30. The Hall–Kier alpha value is -2.12. The number of likely N-dealkylation sites (tertiary alicyclic amines) is 1. The summed E-state index contributed by atoms with van der Waals surface area (Å²) in [6.07, 6.45) is 6.16. The number of furan rings is 1.